The zero-order chi connectivity index (χ0) is 27.1. The first-order chi connectivity index (χ1) is 17.6. The smallest absolute Gasteiger partial charge is 0.350 e. The molecule has 37 heavy (non-hydrogen) atoms. The average Bonchev–Trinajstić information content (AvgIpc) is 2.86. The van der Waals surface area contributed by atoms with Crippen LogP contribution in [0.15, 0.2) is 65.8 Å². The molecule has 0 aromatic heterocycles. The topological polar surface area (TPSA) is 149 Å². The molecule has 11 heteroatoms. The molecule has 0 fully saturated rings. The van der Waals surface area contributed by atoms with E-state index in [-0.39, 0.29) is 22.7 Å². The van der Waals surface area contributed by atoms with Crippen molar-refractivity contribution < 1.29 is 28.8 Å². The molecule has 3 aromatic carbocycles. The number of carbonyl (C=O) groups excluding carboxylic acids is 3. The molecule has 2 amide bonds. The lowest BCUT2D eigenvalue weighted by Crippen LogP contribution is -2.33. The largest absolute Gasteiger partial charge is 0.493 e. The van der Waals surface area contributed by atoms with Gasteiger partial charge < -0.3 is 14.8 Å². The number of nitro groups is 1. The minimum absolute atomic E-state index is 0.0269. The Morgan fingerprint density at radius 3 is 2.24 bits per heavy atom. The Kier molecular flexibility index (Phi) is 8.31. The number of carbonyl (C=O) groups is 3. The number of hydrazone groups is 1. The number of esters is 1. The maximum absolute atomic E-state index is 12.5. The van der Waals surface area contributed by atoms with E-state index in [1.807, 2.05) is 19.9 Å². The molecule has 0 spiro atoms. The third kappa shape index (κ3) is 6.75. The molecule has 0 saturated heterocycles. The standard InChI is InChI=1S/C26H24N4O7/c1-15-11-16(2)13-19(12-15)27-24(31)25(32)29-28-17(3)18-9-10-22(23(14-18)36-4)37-26(33)20-7-5-6-8-21(20)30(34)35/h5-14H,1-4H3,(H,27,31)(H,29,32)/b28-17+. The first-order valence-electron chi connectivity index (χ1n) is 11.0. The highest BCUT2D eigenvalue weighted by Crippen LogP contribution is 2.30. The molecular weight excluding hydrogens is 480 g/mol. The summed E-state index contributed by atoms with van der Waals surface area (Å²) in [5, 5.41) is 17.7. The van der Waals surface area contributed by atoms with E-state index in [4.69, 9.17) is 9.47 Å². The van der Waals surface area contributed by atoms with Gasteiger partial charge in [0, 0.05) is 17.3 Å². The average molecular weight is 504 g/mol. The van der Waals surface area contributed by atoms with Crippen molar-refractivity contribution in [3.63, 3.8) is 0 Å². The SMILES string of the molecule is COc1cc(/C(C)=N/NC(=O)C(=O)Nc2cc(C)cc(C)c2)ccc1OC(=O)c1ccccc1[N+](=O)[O-]. The van der Waals surface area contributed by atoms with Gasteiger partial charge in [-0.15, -0.1) is 0 Å². The van der Waals surface area contributed by atoms with E-state index < -0.39 is 22.7 Å². The van der Waals surface area contributed by atoms with Crippen molar-refractivity contribution in [3.05, 3.63) is 93.0 Å². The number of para-hydroxylation sites is 1. The van der Waals surface area contributed by atoms with E-state index in [2.05, 4.69) is 15.8 Å². The van der Waals surface area contributed by atoms with Gasteiger partial charge in [0.1, 0.15) is 5.56 Å². The molecule has 0 aliphatic heterocycles. The third-order valence-electron chi connectivity index (χ3n) is 5.12. The van der Waals surface area contributed by atoms with Crippen molar-refractivity contribution in [1.29, 1.82) is 0 Å². The molecule has 11 nitrogen and oxygen atoms in total. The summed E-state index contributed by atoms with van der Waals surface area (Å²) in [4.78, 5) is 47.5. The summed E-state index contributed by atoms with van der Waals surface area (Å²) < 4.78 is 10.6. The molecule has 0 saturated carbocycles. The molecule has 0 aliphatic carbocycles. The predicted molar refractivity (Wildman–Crippen MR) is 136 cm³/mol. The minimum Gasteiger partial charge on any atom is -0.493 e. The highest BCUT2D eigenvalue weighted by molar-refractivity contribution is 6.39. The second-order valence-electron chi connectivity index (χ2n) is 8.00. The fraction of sp³-hybridized carbons (Fsp3) is 0.154. The summed E-state index contributed by atoms with van der Waals surface area (Å²) in [6.45, 7) is 5.35. The highest BCUT2D eigenvalue weighted by atomic mass is 16.6. The van der Waals surface area contributed by atoms with Crippen LogP contribution in [0.1, 0.15) is 34.0 Å². The number of hydrogen-bond donors (Lipinski definition) is 2. The number of anilines is 1. The van der Waals surface area contributed by atoms with Gasteiger partial charge in [-0.3, -0.25) is 19.7 Å². The summed E-state index contributed by atoms with van der Waals surface area (Å²) in [6.07, 6.45) is 0. The Bertz CT molecular complexity index is 1400. The predicted octanol–water partition coefficient (Wildman–Crippen LogP) is 3.92. The van der Waals surface area contributed by atoms with E-state index in [9.17, 15) is 24.5 Å². The normalized spacial score (nSPS) is 10.9. The van der Waals surface area contributed by atoms with Gasteiger partial charge in [0.05, 0.1) is 17.7 Å². The zero-order valence-corrected chi connectivity index (χ0v) is 20.5. The van der Waals surface area contributed by atoms with Gasteiger partial charge in [-0.05, 0) is 68.3 Å². The fourth-order valence-corrected chi connectivity index (χ4v) is 3.42. The second-order valence-corrected chi connectivity index (χ2v) is 8.00. The summed E-state index contributed by atoms with van der Waals surface area (Å²) in [7, 11) is 1.35. The van der Waals surface area contributed by atoms with Crippen LogP contribution >= 0.6 is 0 Å². The number of nitro benzene ring substituents is 1. The Morgan fingerprint density at radius 2 is 1.59 bits per heavy atom. The molecule has 0 heterocycles. The number of ether oxygens (including phenoxy) is 2. The molecule has 0 unspecified atom stereocenters. The molecule has 0 radical (unpaired) electrons. The van der Waals surface area contributed by atoms with Gasteiger partial charge in [0.25, 0.3) is 5.69 Å². The minimum atomic E-state index is -0.958. The van der Waals surface area contributed by atoms with Crippen molar-refractivity contribution in [2.75, 3.05) is 12.4 Å². The number of methoxy groups -OCH3 is 1. The number of hydrogen-bond acceptors (Lipinski definition) is 8. The molecule has 3 rings (SSSR count). The molecule has 0 atom stereocenters. The zero-order valence-electron chi connectivity index (χ0n) is 20.5. The maximum atomic E-state index is 12.5. The summed E-state index contributed by atoms with van der Waals surface area (Å²) in [6, 6.07) is 15.3. The van der Waals surface area contributed by atoms with E-state index >= 15 is 0 Å². The van der Waals surface area contributed by atoms with E-state index in [1.54, 1.807) is 25.1 Å². The van der Waals surface area contributed by atoms with Crippen molar-refractivity contribution in [1.82, 2.24) is 5.43 Å². The number of rotatable bonds is 7. The molecule has 190 valence electrons. The van der Waals surface area contributed by atoms with Gasteiger partial charge in [-0.25, -0.2) is 10.2 Å². The molecule has 2 N–H and O–H groups in total. The lowest BCUT2D eigenvalue weighted by atomic mass is 10.1. The van der Waals surface area contributed by atoms with Crippen molar-refractivity contribution in [3.8, 4) is 11.5 Å². The van der Waals surface area contributed by atoms with Crippen LogP contribution in [0.2, 0.25) is 0 Å². The monoisotopic (exact) mass is 504 g/mol. The van der Waals surface area contributed by atoms with Gasteiger partial charge in [0.2, 0.25) is 0 Å². The Labute approximate surface area is 212 Å². The lowest BCUT2D eigenvalue weighted by Gasteiger charge is -2.11. The number of nitrogens with zero attached hydrogens (tertiary/aromatic N) is 2. The Morgan fingerprint density at radius 1 is 0.919 bits per heavy atom. The van der Waals surface area contributed by atoms with Gasteiger partial charge in [0.15, 0.2) is 11.5 Å². The maximum Gasteiger partial charge on any atom is 0.350 e. The summed E-state index contributed by atoms with van der Waals surface area (Å²) >= 11 is 0. The van der Waals surface area contributed by atoms with Crippen molar-refractivity contribution in [2.24, 2.45) is 5.10 Å². The van der Waals surface area contributed by atoms with Crippen LogP contribution in [0.5, 0.6) is 11.5 Å². The van der Waals surface area contributed by atoms with Crippen LogP contribution in [0.3, 0.4) is 0 Å². The number of aryl methyl sites for hydroxylation is 2. The molecule has 3 aromatic rings. The van der Waals surface area contributed by atoms with Crippen LogP contribution in [0, 0.1) is 24.0 Å². The second kappa shape index (κ2) is 11.6. The third-order valence-corrected chi connectivity index (χ3v) is 5.12. The summed E-state index contributed by atoms with van der Waals surface area (Å²) in [5.74, 6) is -2.58. The first-order valence-corrected chi connectivity index (χ1v) is 11.0. The van der Waals surface area contributed by atoms with Crippen LogP contribution in [-0.4, -0.2) is 35.5 Å². The summed E-state index contributed by atoms with van der Waals surface area (Å²) in [5.41, 5.74) is 4.81. The highest BCUT2D eigenvalue weighted by Gasteiger charge is 2.22. The number of nitrogens with one attached hydrogen (secondary N) is 2. The molecule has 0 bridgehead atoms. The van der Waals surface area contributed by atoms with Crippen molar-refractivity contribution in [2.45, 2.75) is 20.8 Å². The molecular formula is C26H24N4O7. The number of amides is 2. The van der Waals surface area contributed by atoms with Crippen molar-refractivity contribution >= 4 is 34.9 Å². The quantitative estimate of drug-likeness (QED) is 0.124. The fourth-order valence-electron chi connectivity index (χ4n) is 3.42. The van der Waals surface area contributed by atoms with Crippen LogP contribution in [0.25, 0.3) is 0 Å². The van der Waals surface area contributed by atoms with Gasteiger partial charge >= 0.3 is 17.8 Å². The van der Waals surface area contributed by atoms with Crippen LogP contribution in [0.4, 0.5) is 11.4 Å². The number of benzene rings is 3. The van der Waals surface area contributed by atoms with Gasteiger partial charge in [-0.2, -0.15) is 5.10 Å². The lowest BCUT2D eigenvalue weighted by molar-refractivity contribution is -0.385. The van der Waals surface area contributed by atoms with Crippen LogP contribution < -0.4 is 20.2 Å². The van der Waals surface area contributed by atoms with Gasteiger partial charge in [-0.1, -0.05) is 18.2 Å². The molecule has 0 aliphatic rings. The first kappa shape index (κ1) is 26.5. The van der Waals surface area contributed by atoms with Crippen LogP contribution in [-0.2, 0) is 9.59 Å². The van der Waals surface area contributed by atoms with E-state index in [0.717, 1.165) is 11.1 Å². The Hall–Kier alpha value is -5.06. The van der Waals surface area contributed by atoms with E-state index in [0.29, 0.717) is 17.0 Å². The van der Waals surface area contributed by atoms with E-state index in [1.165, 1.54) is 43.5 Å². The Balaban J connectivity index is 1.70.